The number of pyridine rings is 1. The topological polar surface area (TPSA) is 59.4 Å². The molecule has 0 aliphatic rings. The number of benzene rings is 1. The number of aromatic nitrogens is 1. The summed E-state index contributed by atoms with van der Waals surface area (Å²) in [4.78, 5) is 14.7. The lowest BCUT2D eigenvalue weighted by molar-refractivity contribution is 0.0690. The van der Waals surface area contributed by atoms with Gasteiger partial charge in [-0.2, -0.15) is 0 Å². The van der Waals surface area contributed by atoms with E-state index in [4.69, 9.17) is 33.0 Å². The molecule has 0 unspecified atom stereocenters. The van der Waals surface area contributed by atoms with Crippen LogP contribution in [-0.2, 0) is 0 Å². The average Bonchev–Trinajstić information content (AvgIpc) is 2.36. The molecule has 2 rings (SSSR count). The van der Waals surface area contributed by atoms with Crippen molar-refractivity contribution in [3.8, 4) is 11.6 Å². The van der Waals surface area contributed by atoms with Gasteiger partial charge in [-0.25, -0.2) is 9.78 Å². The Bertz CT molecular complexity index is 649. The molecule has 1 aromatic carbocycles. The Morgan fingerprint density at radius 3 is 2.58 bits per heavy atom. The molecule has 0 bridgehead atoms. The first-order valence-corrected chi connectivity index (χ1v) is 6.55. The Kier molecular flexibility index (Phi) is 4.29. The van der Waals surface area contributed by atoms with Gasteiger partial charge in [0.25, 0.3) is 0 Å². The molecule has 7 heteroatoms. The van der Waals surface area contributed by atoms with Crippen molar-refractivity contribution in [2.45, 2.75) is 0 Å². The van der Waals surface area contributed by atoms with E-state index in [9.17, 15) is 4.79 Å². The first-order chi connectivity index (χ1) is 8.97. The second-order valence-corrected chi connectivity index (χ2v) is 5.19. The number of halogens is 3. The molecule has 0 saturated heterocycles. The SMILES string of the molecule is O=C(O)c1nc(Oc2cc(Br)ccc2Cl)ccc1Cl. The number of ether oxygens (including phenoxy) is 1. The predicted molar refractivity (Wildman–Crippen MR) is 75.4 cm³/mol. The first kappa shape index (κ1) is 14.1. The summed E-state index contributed by atoms with van der Waals surface area (Å²) in [6.45, 7) is 0. The number of hydrogen-bond donors (Lipinski definition) is 1. The van der Waals surface area contributed by atoms with E-state index in [2.05, 4.69) is 20.9 Å². The lowest BCUT2D eigenvalue weighted by Crippen LogP contribution is -2.02. The number of aromatic carboxylic acids is 1. The van der Waals surface area contributed by atoms with E-state index in [1.54, 1.807) is 18.2 Å². The van der Waals surface area contributed by atoms with Crippen molar-refractivity contribution >= 4 is 45.1 Å². The van der Waals surface area contributed by atoms with Gasteiger partial charge in [0.1, 0.15) is 5.75 Å². The molecule has 0 aliphatic carbocycles. The van der Waals surface area contributed by atoms with Gasteiger partial charge in [-0.05, 0) is 24.3 Å². The summed E-state index contributed by atoms with van der Waals surface area (Å²) in [6.07, 6.45) is 0. The molecule has 1 aromatic heterocycles. The van der Waals surface area contributed by atoms with Crippen LogP contribution in [0.1, 0.15) is 10.5 Å². The molecule has 0 amide bonds. The van der Waals surface area contributed by atoms with Crippen LogP contribution < -0.4 is 4.74 Å². The monoisotopic (exact) mass is 361 g/mol. The van der Waals surface area contributed by atoms with Crippen LogP contribution in [0.25, 0.3) is 0 Å². The Morgan fingerprint density at radius 2 is 1.89 bits per heavy atom. The smallest absolute Gasteiger partial charge is 0.356 e. The van der Waals surface area contributed by atoms with Crippen molar-refractivity contribution in [1.82, 2.24) is 4.98 Å². The van der Waals surface area contributed by atoms with E-state index < -0.39 is 5.97 Å². The molecule has 0 spiro atoms. The third kappa shape index (κ3) is 3.37. The lowest BCUT2D eigenvalue weighted by Gasteiger charge is -2.08. The third-order valence-electron chi connectivity index (χ3n) is 2.13. The van der Waals surface area contributed by atoms with E-state index >= 15 is 0 Å². The molecule has 0 fully saturated rings. The van der Waals surface area contributed by atoms with Crippen LogP contribution in [0.15, 0.2) is 34.8 Å². The molecule has 0 atom stereocenters. The van der Waals surface area contributed by atoms with Gasteiger partial charge in [0, 0.05) is 10.5 Å². The summed E-state index contributed by atoms with van der Waals surface area (Å²) < 4.78 is 6.22. The summed E-state index contributed by atoms with van der Waals surface area (Å²) in [6, 6.07) is 7.92. The van der Waals surface area contributed by atoms with Gasteiger partial charge in [-0.3, -0.25) is 0 Å². The van der Waals surface area contributed by atoms with E-state index in [1.807, 2.05) is 0 Å². The van der Waals surface area contributed by atoms with Gasteiger partial charge in [0.2, 0.25) is 5.88 Å². The highest BCUT2D eigenvalue weighted by Gasteiger charge is 2.13. The van der Waals surface area contributed by atoms with Crippen LogP contribution in [0.4, 0.5) is 0 Å². The fraction of sp³-hybridized carbons (Fsp3) is 0. The minimum absolute atomic E-state index is 0.0418. The Balaban J connectivity index is 2.36. The Morgan fingerprint density at radius 1 is 1.21 bits per heavy atom. The summed E-state index contributed by atoms with van der Waals surface area (Å²) in [5, 5.41) is 9.35. The van der Waals surface area contributed by atoms with Crippen molar-refractivity contribution < 1.29 is 14.6 Å². The molecular formula is C12H6BrCl2NO3. The summed E-state index contributed by atoms with van der Waals surface area (Å²) in [5.41, 5.74) is -0.273. The summed E-state index contributed by atoms with van der Waals surface area (Å²) >= 11 is 15.0. The van der Waals surface area contributed by atoms with Crippen LogP contribution in [0.5, 0.6) is 11.6 Å². The quantitative estimate of drug-likeness (QED) is 0.863. The van der Waals surface area contributed by atoms with E-state index in [0.717, 1.165) is 4.47 Å². The maximum atomic E-state index is 10.9. The minimum Gasteiger partial charge on any atom is -0.476 e. The van der Waals surface area contributed by atoms with Gasteiger partial charge in [-0.15, -0.1) is 0 Å². The van der Waals surface area contributed by atoms with E-state index in [-0.39, 0.29) is 16.6 Å². The van der Waals surface area contributed by atoms with Gasteiger partial charge in [-0.1, -0.05) is 39.1 Å². The number of hydrogen-bond acceptors (Lipinski definition) is 3. The van der Waals surface area contributed by atoms with Gasteiger partial charge < -0.3 is 9.84 Å². The maximum absolute atomic E-state index is 10.9. The van der Waals surface area contributed by atoms with Crippen molar-refractivity contribution in [3.63, 3.8) is 0 Å². The van der Waals surface area contributed by atoms with Gasteiger partial charge in [0.15, 0.2) is 5.69 Å². The van der Waals surface area contributed by atoms with Crippen LogP contribution in [0, 0.1) is 0 Å². The summed E-state index contributed by atoms with van der Waals surface area (Å²) in [7, 11) is 0. The van der Waals surface area contributed by atoms with Crippen LogP contribution in [0.2, 0.25) is 10.0 Å². The maximum Gasteiger partial charge on any atom is 0.356 e. The third-order valence-corrected chi connectivity index (χ3v) is 3.24. The largest absolute Gasteiger partial charge is 0.476 e. The highest BCUT2D eigenvalue weighted by molar-refractivity contribution is 9.10. The van der Waals surface area contributed by atoms with E-state index in [1.165, 1.54) is 12.1 Å². The fourth-order valence-corrected chi connectivity index (χ4v) is 1.98. The molecule has 0 saturated carbocycles. The van der Waals surface area contributed by atoms with Crippen molar-refractivity contribution in [2.75, 3.05) is 0 Å². The molecule has 1 N–H and O–H groups in total. The number of rotatable bonds is 3. The predicted octanol–water partition coefficient (Wildman–Crippen LogP) is 4.64. The van der Waals surface area contributed by atoms with Crippen LogP contribution >= 0.6 is 39.1 Å². The molecule has 98 valence electrons. The van der Waals surface area contributed by atoms with Crippen LogP contribution in [-0.4, -0.2) is 16.1 Å². The zero-order valence-corrected chi connectivity index (χ0v) is 12.3. The van der Waals surface area contributed by atoms with Crippen molar-refractivity contribution in [3.05, 3.63) is 50.5 Å². The Hall–Kier alpha value is -1.30. The van der Waals surface area contributed by atoms with E-state index in [0.29, 0.717) is 10.8 Å². The summed E-state index contributed by atoms with van der Waals surface area (Å²) in [5.74, 6) is -0.764. The Labute approximate surface area is 127 Å². The second-order valence-electron chi connectivity index (χ2n) is 3.46. The van der Waals surface area contributed by atoms with Gasteiger partial charge >= 0.3 is 5.97 Å². The van der Waals surface area contributed by atoms with Crippen molar-refractivity contribution in [1.29, 1.82) is 0 Å². The molecule has 0 radical (unpaired) electrons. The number of carbonyl (C=O) groups is 1. The lowest BCUT2D eigenvalue weighted by atomic mass is 10.3. The minimum atomic E-state index is -1.23. The van der Waals surface area contributed by atoms with Crippen LogP contribution in [0.3, 0.4) is 0 Å². The zero-order valence-electron chi connectivity index (χ0n) is 9.23. The highest BCUT2D eigenvalue weighted by Crippen LogP contribution is 2.32. The number of nitrogens with zero attached hydrogens (tertiary/aromatic N) is 1. The molecule has 4 nitrogen and oxygen atoms in total. The van der Waals surface area contributed by atoms with Crippen molar-refractivity contribution in [2.24, 2.45) is 0 Å². The number of carboxylic acid groups (broad SMARTS) is 1. The molecule has 0 aliphatic heterocycles. The average molecular weight is 363 g/mol. The van der Waals surface area contributed by atoms with Gasteiger partial charge in [0.05, 0.1) is 10.0 Å². The molecular weight excluding hydrogens is 357 g/mol. The normalized spacial score (nSPS) is 10.3. The fourth-order valence-electron chi connectivity index (χ4n) is 1.30. The molecule has 1 heterocycles. The zero-order chi connectivity index (χ0) is 14.0. The first-order valence-electron chi connectivity index (χ1n) is 5.00. The number of carboxylic acids is 1. The standard InChI is InChI=1S/C12H6BrCl2NO3/c13-6-1-2-7(14)9(5-6)19-10-4-3-8(15)11(16-10)12(17)18/h1-5H,(H,17,18). The molecule has 2 aromatic rings. The second kappa shape index (κ2) is 5.77. The highest BCUT2D eigenvalue weighted by atomic mass is 79.9. The molecule has 19 heavy (non-hydrogen) atoms.